The number of rotatable bonds is 6. The zero-order valence-corrected chi connectivity index (χ0v) is 12.4. The molecule has 4 nitrogen and oxygen atoms in total. The van der Waals surface area contributed by atoms with Gasteiger partial charge in [-0.15, -0.1) is 11.3 Å². The minimum Gasteiger partial charge on any atom is -0.497 e. The molecule has 1 aromatic heterocycles. The number of carboxylic acid groups (broad SMARTS) is 1. The standard InChI is InChI=1S/C15H17NO3S/c1-3-4-12-13(9-14(17)18)20-15(16-12)10-5-7-11(19-2)8-6-10/h5-8H,3-4,9H2,1-2H3,(H,17,18). The first kappa shape index (κ1) is 14.5. The molecule has 0 aliphatic carbocycles. The lowest BCUT2D eigenvalue weighted by Gasteiger charge is -2.00. The second-order valence-corrected chi connectivity index (χ2v) is 5.52. The van der Waals surface area contributed by atoms with Crippen LogP contribution in [0.3, 0.4) is 0 Å². The predicted molar refractivity (Wildman–Crippen MR) is 79.4 cm³/mol. The molecule has 2 aromatic rings. The van der Waals surface area contributed by atoms with Crippen LogP contribution in [0.1, 0.15) is 23.9 Å². The van der Waals surface area contributed by atoms with E-state index in [1.807, 2.05) is 24.3 Å². The van der Waals surface area contributed by atoms with Crippen LogP contribution in [0.5, 0.6) is 5.75 Å². The van der Waals surface area contributed by atoms with Gasteiger partial charge in [-0.3, -0.25) is 4.79 Å². The van der Waals surface area contributed by atoms with Gasteiger partial charge < -0.3 is 9.84 Å². The van der Waals surface area contributed by atoms with E-state index in [0.717, 1.165) is 39.7 Å². The minimum atomic E-state index is -0.813. The quantitative estimate of drug-likeness (QED) is 0.886. The van der Waals surface area contributed by atoms with Crippen LogP contribution < -0.4 is 4.74 Å². The number of carboxylic acids is 1. The molecular formula is C15H17NO3S. The molecule has 0 amide bonds. The number of methoxy groups -OCH3 is 1. The van der Waals surface area contributed by atoms with Gasteiger partial charge in [0, 0.05) is 10.4 Å². The molecule has 0 fully saturated rings. The summed E-state index contributed by atoms with van der Waals surface area (Å²) < 4.78 is 5.13. The Bertz CT molecular complexity index is 590. The highest BCUT2D eigenvalue weighted by molar-refractivity contribution is 7.15. The van der Waals surface area contributed by atoms with E-state index in [1.165, 1.54) is 11.3 Å². The molecule has 0 unspecified atom stereocenters. The van der Waals surface area contributed by atoms with Gasteiger partial charge >= 0.3 is 5.97 Å². The van der Waals surface area contributed by atoms with Gasteiger partial charge in [-0.2, -0.15) is 0 Å². The number of carbonyl (C=O) groups is 1. The second kappa shape index (κ2) is 6.52. The summed E-state index contributed by atoms with van der Waals surface area (Å²) in [6.07, 6.45) is 1.82. The normalized spacial score (nSPS) is 10.5. The summed E-state index contributed by atoms with van der Waals surface area (Å²) in [6, 6.07) is 7.65. The van der Waals surface area contributed by atoms with Crippen LogP contribution in [0, 0.1) is 0 Å². The molecule has 2 rings (SSSR count). The fourth-order valence-electron chi connectivity index (χ4n) is 1.95. The number of nitrogens with zero attached hydrogens (tertiary/aromatic N) is 1. The Kier molecular flexibility index (Phi) is 4.74. The third kappa shape index (κ3) is 3.36. The summed E-state index contributed by atoms with van der Waals surface area (Å²) >= 11 is 1.46. The molecule has 0 atom stereocenters. The number of aryl methyl sites for hydroxylation is 1. The highest BCUT2D eigenvalue weighted by atomic mass is 32.1. The van der Waals surface area contributed by atoms with Crippen LogP contribution in [0.25, 0.3) is 10.6 Å². The highest BCUT2D eigenvalue weighted by Gasteiger charge is 2.14. The number of hydrogen-bond acceptors (Lipinski definition) is 4. The highest BCUT2D eigenvalue weighted by Crippen LogP contribution is 2.30. The van der Waals surface area contributed by atoms with Crippen molar-refractivity contribution in [3.05, 3.63) is 34.8 Å². The molecular weight excluding hydrogens is 274 g/mol. The van der Waals surface area contributed by atoms with Crippen molar-refractivity contribution < 1.29 is 14.6 Å². The van der Waals surface area contributed by atoms with Crippen molar-refractivity contribution >= 4 is 17.3 Å². The molecule has 1 aromatic carbocycles. The Hall–Kier alpha value is -1.88. The number of thiazole rings is 1. The van der Waals surface area contributed by atoms with Gasteiger partial charge in [-0.1, -0.05) is 13.3 Å². The van der Waals surface area contributed by atoms with Gasteiger partial charge in [0.1, 0.15) is 10.8 Å². The fraction of sp³-hybridized carbons (Fsp3) is 0.333. The molecule has 1 N–H and O–H groups in total. The Morgan fingerprint density at radius 3 is 2.60 bits per heavy atom. The molecule has 0 aliphatic rings. The first-order valence-electron chi connectivity index (χ1n) is 6.48. The molecule has 106 valence electrons. The number of ether oxygens (including phenoxy) is 1. The van der Waals surface area contributed by atoms with E-state index in [9.17, 15) is 4.79 Å². The van der Waals surface area contributed by atoms with Gasteiger partial charge in [0.05, 0.1) is 19.2 Å². The third-order valence-electron chi connectivity index (χ3n) is 2.91. The monoisotopic (exact) mass is 291 g/mol. The number of aliphatic carboxylic acids is 1. The smallest absolute Gasteiger partial charge is 0.308 e. The van der Waals surface area contributed by atoms with Crippen LogP contribution in [0.4, 0.5) is 0 Å². The first-order valence-corrected chi connectivity index (χ1v) is 7.30. The van der Waals surface area contributed by atoms with Crippen molar-refractivity contribution in [2.45, 2.75) is 26.2 Å². The van der Waals surface area contributed by atoms with Crippen LogP contribution >= 0.6 is 11.3 Å². The van der Waals surface area contributed by atoms with E-state index in [0.29, 0.717) is 0 Å². The molecule has 0 aliphatic heterocycles. The number of benzene rings is 1. The van der Waals surface area contributed by atoms with Crippen LogP contribution in [0.2, 0.25) is 0 Å². The lowest BCUT2D eigenvalue weighted by atomic mass is 10.2. The summed E-state index contributed by atoms with van der Waals surface area (Å²) in [6.45, 7) is 2.07. The molecule has 0 saturated heterocycles. The number of hydrogen-bond donors (Lipinski definition) is 1. The van der Waals surface area contributed by atoms with Crippen molar-refractivity contribution in [1.29, 1.82) is 0 Å². The maximum absolute atomic E-state index is 10.9. The van der Waals surface area contributed by atoms with E-state index in [1.54, 1.807) is 7.11 Å². The molecule has 0 saturated carbocycles. The molecule has 0 bridgehead atoms. The zero-order valence-electron chi connectivity index (χ0n) is 11.5. The summed E-state index contributed by atoms with van der Waals surface area (Å²) in [5.41, 5.74) is 1.90. The van der Waals surface area contributed by atoms with Crippen molar-refractivity contribution in [3.63, 3.8) is 0 Å². The van der Waals surface area contributed by atoms with Crippen LogP contribution in [-0.2, 0) is 17.6 Å². The Morgan fingerprint density at radius 2 is 2.05 bits per heavy atom. The lowest BCUT2D eigenvalue weighted by molar-refractivity contribution is -0.136. The van der Waals surface area contributed by atoms with E-state index >= 15 is 0 Å². The van der Waals surface area contributed by atoms with Crippen molar-refractivity contribution in [2.24, 2.45) is 0 Å². The summed E-state index contributed by atoms with van der Waals surface area (Å²) in [5, 5.41) is 9.84. The molecule has 0 spiro atoms. The second-order valence-electron chi connectivity index (χ2n) is 4.44. The van der Waals surface area contributed by atoms with Gasteiger partial charge in [-0.25, -0.2) is 4.98 Å². The predicted octanol–water partition coefficient (Wildman–Crippen LogP) is 3.40. The largest absolute Gasteiger partial charge is 0.497 e. The Morgan fingerprint density at radius 1 is 1.35 bits per heavy atom. The molecule has 1 heterocycles. The topological polar surface area (TPSA) is 59.4 Å². The number of aromatic nitrogens is 1. The summed E-state index contributed by atoms with van der Waals surface area (Å²) in [7, 11) is 1.63. The maximum Gasteiger partial charge on any atom is 0.308 e. The summed E-state index contributed by atoms with van der Waals surface area (Å²) in [4.78, 5) is 16.4. The fourth-order valence-corrected chi connectivity index (χ4v) is 3.05. The van der Waals surface area contributed by atoms with Crippen LogP contribution in [0.15, 0.2) is 24.3 Å². The van der Waals surface area contributed by atoms with Gasteiger partial charge in [-0.05, 0) is 30.7 Å². The van der Waals surface area contributed by atoms with E-state index in [2.05, 4.69) is 11.9 Å². The maximum atomic E-state index is 10.9. The minimum absolute atomic E-state index is 0.0448. The Balaban J connectivity index is 2.33. The average Bonchev–Trinajstić information content (AvgIpc) is 2.82. The van der Waals surface area contributed by atoms with Gasteiger partial charge in [0.2, 0.25) is 0 Å². The van der Waals surface area contributed by atoms with Crippen molar-refractivity contribution in [3.8, 4) is 16.3 Å². The molecule has 0 radical (unpaired) electrons. The van der Waals surface area contributed by atoms with E-state index in [4.69, 9.17) is 9.84 Å². The van der Waals surface area contributed by atoms with Crippen molar-refractivity contribution in [2.75, 3.05) is 7.11 Å². The van der Waals surface area contributed by atoms with E-state index in [-0.39, 0.29) is 6.42 Å². The van der Waals surface area contributed by atoms with Gasteiger partial charge in [0.15, 0.2) is 0 Å². The first-order chi connectivity index (χ1) is 9.63. The van der Waals surface area contributed by atoms with Crippen LogP contribution in [-0.4, -0.2) is 23.2 Å². The average molecular weight is 291 g/mol. The lowest BCUT2D eigenvalue weighted by Crippen LogP contribution is -2.01. The molecule has 20 heavy (non-hydrogen) atoms. The SMILES string of the molecule is CCCc1nc(-c2ccc(OC)cc2)sc1CC(=O)O. The summed E-state index contributed by atoms with van der Waals surface area (Å²) in [5.74, 6) is -0.0165. The van der Waals surface area contributed by atoms with Gasteiger partial charge in [0.25, 0.3) is 0 Å². The zero-order chi connectivity index (χ0) is 14.5. The third-order valence-corrected chi connectivity index (χ3v) is 4.06. The van der Waals surface area contributed by atoms with Crippen molar-refractivity contribution in [1.82, 2.24) is 4.98 Å². The Labute approximate surface area is 122 Å². The van der Waals surface area contributed by atoms with E-state index < -0.39 is 5.97 Å². The molecule has 5 heteroatoms.